The predicted octanol–water partition coefficient (Wildman–Crippen LogP) is 1.44. The van der Waals surface area contributed by atoms with Crippen LogP contribution in [0.2, 0.25) is 0 Å². The normalized spacial score (nSPS) is 10.6. The van der Waals surface area contributed by atoms with E-state index in [2.05, 4.69) is 20.2 Å². The summed E-state index contributed by atoms with van der Waals surface area (Å²) < 4.78 is 0. The molecular weight excluding hydrogens is 218 g/mol. The zero-order chi connectivity index (χ0) is 9.97. The van der Waals surface area contributed by atoms with Crippen LogP contribution in [0, 0.1) is 6.92 Å². The quantitative estimate of drug-likeness (QED) is 0.776. The first kappa shape index (κ1) is 9.47. The highest BCUT2D eigenvalue weighted by atomic mass is 32.2. The molecule has 2 heterocycles. The summed E-state index contributed by atoms with van der Waals surface area (Å²) in [5.41, 5.74) is 5.40. The Hall–Kier alpha value is -1.08. The SMILES string of the molecule is Cc1ncc(CSc2n[nH]c(N)n2)s1. The van der Waals surface area contributed by atoms with Gasteiger partial charge in [0.15, 0.2) is 0 Å². The standard InChI is InChI=1S/C7H9N5S2/c1-4-9-2-5(14-4)3-13-7-10-6(8)11-12-7/h2H,3H2,1H3,(H3,8,10,11,12). The summed E-state index contributed by atoms with van der Waals surface area (Å²) in [6.07, 6.45) is 1.88. The minimum atomic E-state index is 0.355. The van der Waals surface area contributed by atoms with Crippen LogP contribution in [0.1, 0.15) is 9.88 Å². The van der Waals surface area contributed by atoms with Gasteiger partial charge in [-0.25, -0.2) is 10.1 Å². The molecule has 74 valence electrons. The molecule has 7 heteroatoms. The molecule has 14 heavy (non-hydrogen) atoms. The van der Waals surface area contributed by atoms with Gasteiger partial charge < -0.3 is 5.73 Å². The van der Waals surface area contributed by atoms with Crippen molar-refractivity contribution in [3.05, 3.63) is 16.1 Å². The summed E-state index contributed by atoms with van der Waals surface area (Å²) in [6.45, 7) is 1.99. The summed E-state index contributed by atoms with van der Waals surface area (Å²) in [4.78, 5) is 9.38. The maximum atomic E-state index is 5.40. The third-order valence-electron chi connectivity index (χ3n) is 1.49. The van der Waals surface area contributed by atoms with Gasteiger partial charge in [-0.15, -0.1) is 16.4 Å². The van der Waals surface area contributed by atoms with Crippen molar-refractivity contribution < 1.29 is 0 Å². The largest absolute Gasteiger partial charge is 0.368 e. The van der Waals surface area contributed by atoms with E-state index in [1.165, 1.54) is 4.88 Å². The molecule has 0 atom stereocenters. The Kier molecular flexibility index (Phi) is 2.69. The molecule has 0 saturated heterocycles. The lowest BCUT2D eigenvalue weighted by molar-refractivity contribution is 0.973. The summed E-state index contributed by atoms with van der Waals surface area (Å²) in [6, 6.07) is 0. The zero-order valence-corrected chi connectivity index (χ0v) is 9.15. The Morgan fingerprint density at radius 3 is 3.07 bits per heavy atom. The van der Waals surface area contributed by atoms with Crippen molar-refractivity contribution in [3.8, 4) is 0 Å². The first-order chi connectivity index (χ1) is 6.74. The van der Waals surface area contributed by atoms with Gasteiger partial charge in [0.2, 0.25) is 11.1 Å². The molecule has 0 bridgehead atoms. The number of aromatic amines is 1. The van der Waals surface area contributed by atoms with Crippen LogP contribution in [0.4, 0.5) is 5.95 Å². The van der Waals surface area contributed by atoms with Crippen LogP contribution in [0.3, 0.4) is 0 Å². The molecule has 2 aromatic rings. The number of H-pyrrole nitrogens is 1. The van der Waals surface area contributed by atoms with Crippen molar-refractivity contribution in [3.63, 3.8) is 0 Å². The molecule has 0 saturated carbocycles. The third-order valence-corrected chi connectivity index (χ3v) is 3.49. The number of anilines is 1. The molecule has 0 aliphatic rings. The van der Waals surface area contributed by atoms with Crippen molar-refractivity contribution in [2.24, 2.45) is 0 Å². The van der Waals surface area contributed by atoms with Gasteiger partial charge in [0, 0.05) is 16.8 Å². The number of aromatic nitrogens is 4. The summed E-state index contributed by atoms with van der Waals surface area (Å²) in [5, 5.41) is 8.27. The number of thioether (sulfide) groups is 1. The average molecular weight is 227 g/mol. The highest BCUT2D eigenvalue weighted by Gasteiger charge is 2.03. The van der Waals surface area contributed by atoms with Crippen molar-refractivity contribution in [1.29, 1.82) is 0 Å². The van der Waals surface area contributed by atoms with Crippen LogP contribution in [0.5, 0.6) is 0 Å². The molecule has 0 aliphatic heterocycles. The second-order valence-electron chi connectivity index (χ2n) is 2.64. The Balaban J connectivity index is 1.94. The topological polar surface area (TPSA) is 80.5 Å². The van der Waals surface area contributed by atoms with Gasteiger partial charge in [-0.1, -0.05) is 11.8 Å². The Bertz CT molecular complexity index is 381. The number of nitrogens with zero attached hydrogens (tertiary/aromatic N) is 3. The number of nitrogens with two attached hydrogens (primary N) is 1. The minimum absolute atomic E-state index is 0.355. The molecule has 0 fully saturated rings. The summed E-state index contributed by atoms with van der Waals surface area (Å²) >= 11 is 3.23. The average Bonchev–Trinajstić information content (AvgIpc) is 2.72. The van der Waals surface area contributed by atoms with E-state index in [0.29, 0.717) is 11.1 Å². The van der Waals surface area contributed by atoms with Crippen molar-refractivity contribution in [2.75, 3.05) is 5.73 Å². The third kappa shape index (κ3) is 2.24. The Labute approximate surface area is 89.2 Å². The molecule has 0 unspecified atom stereocenters. The maximum absolute atomic E-state index is 5.40. The van der Waals surface area contributed by atoms with E-state index in [0.717, 1.165) is 10.8 Å². The fourth-order valence-corrected chi connectivity index (χ4v) is 2.55. The van der Waals surface area contributed by atoms with Crippen LogP contribution in [0.25, 0.3) is 0 Å². The van der Waals surface area contributed by atoms with Gasteiger partial charge in [-0.05, 0) is 6.92 Å². The highest BCUT2D eigenvalue weighted by molar-refractivity contribution is 7.98. The Morgan fingerprint density at radius 2 is 2.50 bits per heavy atom. The van der Waals surface area contributed by atoms with Crippen molar-refractivity contribution >= 4 is 29.0 Å². The molecule has 0 aromatic carbocycles. The number of nitrogen functional groups attached to an aromatic ring is 1. The van der Waals surface area contributed by atoms with Crippen LogP contribution in [0.15, 0.2) is 11.4 Å². The van der Waals surface area contributed by atoms with Gasteiger partial charge in [-0.2, -0.15) is 4.98 Å². The van der Waals surface area contributed by atoms with Gasteiger partial charge >= 0.3 is 0 Å². The molecule has 0 radical (unpaired) electrons. The lowest BCUT2D eigenvalue weighted by Crippen LogP contribution is -1.85. The maximum Gasteiger partial charge on any atom is 0.216 e. The number of rotatable bonds is 3. The van der Waals surface area contributed by atoms with Gasteiger partial charge in [0.1, 0.15) is 0 Å². The molecule has 0 spiro atoms. The molecule has 3 N–H and O–H groups in total. The van der Waals surface area contributed by atoms with E-state index in [-0.39, 0.29) is 0 Å². The molecular formula is C7H9N5S2. The van der Waals surface area contributed by atoms with Crippen LogP contribution >= 0.6 is 23.1 Å². The number of thiazole rings is 1. The zero-order valence-electron chi connectivity index (χ0n) is 7.52. The second kappa shape index (κ2) is 3.97. The number of hydrogen-bond donors (Lipinski definition) is 2. The molecule has 2 rings (SSSR count). The molecule has 5 nitrogen and oxygen atoms in total. The minimum Gasteiger partial charge on any atom is -0.368 e. The summed E-state index contributed by atoms with van der Waals surface area (Å²) in [7, 11) is 0. The lowest BCUT2D eigenvalue weighted by Gasteiger charge is -1.90. The van der Waals surface area contributed by atoms with Crippen LogP contribution < -0.4 is 5.73 Å². The summed E-state index contributed by atoms with van der Waals surface area (Å²) in [5.74, 6) is 1.19. The predicted molar refractivity (Wildman–Crippen MR) is 57.2 cm³/mol. The number of aryl methyl sites for hydroxylation is 1. The van der Waals surface area contributed by atoms with Crippen molar-refractivity contribution in [1.82, 2.24) is 20.2 Å². The van der Waals surface area contributed by atoms with E-state index in [1.54, 1.807) is 23.1 Å². The number of nitrogens with one attached hydrogen (secondary N) is 1. The van der Waals surface area contributed by atoms with E-state index in [4.69, 9.17) is 5.73 Å². The number of hydrogen-bond acceptors (Lipinski definition) is 6. The first-order valence-electron chi connectivity index (χ1n) is 3.96. The first-order valence-corrected chi connectivity index (χ1v) is 5.76. The van der Waals surface area contributed by atoms with Gasteiger partial charge in [0.25, 0.3) is 0 Å². The van der Waals surface area contributed by atoms with E-state index in [1.807, 2.05) is 13.1 Å². The fourth-order valence-electron chi connectivity index (χ4n) is 0.930. The molecule has 0 amide bonds. The van der Waals surface area contributed by atoms with Crippen LogP contribution in [-0.4, -0.2) is 20.2 Å². The monoisotopic (exact) mass is 227 g/mol. The molecule has 0 aliphatic carbocycles. The Morgan fingerprint density at radius 1 is 1.64 bits per heavy atom. The van der Waals surface area contributed by atoms with Gasteiger partial charge in [-0.3, -0.25) is 0 Å². The van der Waals surface area contributed by atoms with Gasteiger partial charge in [0.05, 0.1) is 5.01 Å². The van der Waals surface area contributed by atoms with E-state index in [9.17, 15) is 0 Å². The highest BCUT2D eigenvalue weighted by Crippen LogP contribution is 2.22. The fraction of sp³-hybridized carbons (Fsp3) is 0.286. The lowest BCUT2D eigenvalue weighted by atomic mass is 10.6. The smallest absolute Gasteiger partial charge is 0.216 e. The van der Waals surface area contributed by atoms with E-state index < -0.39 is 0 Å². The van der Waals surface area contributed by atoms with Crippen LogP contribution in [-0.2, 0) is 5.75 Å². The van der Waals surface area contributed by atoms with E-state index >= 15 is 0 Å². The second-order valence-corrected chi connectivity index (χ2v) is 4.90. The van der Waals surface area contributed by atoms with Crippen molar-refractivity contribution in [2.45, 2.75) is 17.8 Å². The molecule has 2 aromatic heterocycles.